The third kappa shape index (κ3) is 1.07. The highest BCUT2D eigenvalue weighted by Gasteiger charge is 2.26. The molecule has 0 radical (unpaired) electrons. The second-order valence-electron chi connectivity index (χ2n) is 2.16. The van der Waals surface area contributed by atoms with E-state index in [0.29, 0.717) is 5.88 Å². The molecule has 0 N–H and O–H groups in total. The molecule has 0 spiro atoms. The zero-order valence-corrected chi connectivity index (χ0v) is 6.07. The summed E-state index contributed by atoms with van der Waals surface area (Å²) in [6.07, 6.45) is 5.28. The molecule has 3 nitrogen and oxygen atoms in total. The van der Waals surface area contributed by atoms with Crippen LogP contribution in [0, 0.1) is 4.91 Å². The average Bonchev–Trinajstić information content (AvgIpc) is 1.95. The monoisotopic (exact) mass is 140 g/mol. The molecule has 0 saturated carbocycles. The fraction of sp³-hybridized carbons (Fsp3) is 0.429. The minimum atomic E-state index is -0.111. The van der Waals surface area contributed by atoms with Gasteiger partial charge in [-0.3, -0.25) is 0 Å². The van der Waals surface area contributed by atoms with Crippen molar-refractivity contribution in [2.75, 3.05) is 7.11 Å². The fourth-order valence-electron chi connectivity index (χ4n) is 0.809. The summed E-state index contributed by atoms with van der Waals surface area (Å²) in [5.41, 5.74) is 0. The molecule has 3 heteroatoms. The Bertz CT molecular complexity index is 206. The Balaban J connectivity index is 2.82. The van der Waals surface area contributed by atoms with Crippen LogP contribution in [0.1, 0.15) is 6.92 Å². The van der Waals surface area contributed by atoms with E-state index in [1.807, 2.05) is 19.1 Å². The Morgan fingerprint density at radius 1 is 1.70 bits per heavy atom. The van der Waals surface area contributed by atoms with Crippen LogP contribution in [-0.4, -0.2) is 17.9 Å². The van der Waals surface area contributed by atoms with Gasteiger partial charge in [-0.25, -0.2) is 0 Å². The van der Waals surface area contributed by atoms with Gasteiger partial charge in [-0.05, 0) is 12.2 Å². The van der Waals surface area contributed by atoms with Gasteiger partial charge in [0.25, 0.3) is 0 Å². The zero-order valence-electron chi connectivity index (χ0n) is 6.07. The van der Waals surface area contributed by atoms with Crippen molar-refractivity contribution in [2.45, 2.75) is 13.0 Å². The van der Waals surface area contributed by atoms with Crippen LogP contribution in [0.5, 0.6) is 0 Å². The first-order chi connectivity index (χ1) is 4.75. The van der Waals surface area contributed by atoms with Gasteiger partial charge in [0.1, 0.15) is 0 Å². The molecule has 1 aliphatic heterocycles. The summed E-state index contributed by atoms with van der Waals surface area (Å²) < 4.78 is 5.63. The van der Waals surface area contributed by atoms with E-state index in [1.165, 1.54) is 7.11 Å². The number of methoxy groups -OCH3 is 1. The summed E-state index contributed by atoms with van der Waals surface area (Å²) in [5.74, 6) is 0.370. The second kappa shape index (κ2) is 2.64. The van der Waals surface area contributed by atoms with Gasteiger partial charge in [-0.2, -0.15) is 0 Å². The van der Waals surface area contributed by atoms with Gasteiger partial charge in [-0.1, -0.05) is 0 Å². The van der Waals surface area contributed by atoms with Gasteiger partial charge in [-0.15, -0.1) is 0 Å². The largest absolute Gasteiger partial charge is 0.445 e. The molecule has 1 heterocycles. The molecule has 1 aliphatic rings. The lowest BCUT2D eigenvalue weighted by atomic mass is 10.2. The predicted molar refractivity (Wildman–Crippen MR) is 37.3 cm³/mol. The number of ether oxygens (including phenoxy) is 1. The molecule has 1 unspecified atom stereocenters. The van der Waals surface area contributed by atoms with Crippen LogP contribution in [-0.2, 0) is 4.74 Å². The molecular weight excluding hydrogens is 130 g/mol. The first-order valence-electron chi connectivity index (χ1n) is 3.14. The molecular formula is C7H10NO2+. The van der Waals surface area contributed by atoms with Gasteiger partial charge >= 0.3 is 5.88 Å². The van der Waals surface area contributed by atoms with Crippen LogP contribution in [0.3, 0.4) is 0 Å². The fourth-order valence-corrected chi connectivity index (χ4v) is 0.809. The van der Waals surface area contributed by atoms with Crippen LogP contribution in [0.4, 0.5) is 0 Å². The van der Waals surface area contributed by atoms with Gasteiger partial charge in [0.2, 0.25) is 6.04 Å². The van der Waals surface area contributed by atoms with E-state index in [2.05, 4.69) is 0 Å². The number of nitrogens with zero attached hydrogens (tertiary/aromatic N) is 1. The van der Waals surface area contributed by atoms with Crippen LogP contribution < -0.4 is 0 Å². The van der Waals surface area contributed by atoms with Gasteiger partial charge < -0.3 is 4.74 Å². The number of hydrogen-bond donors (Lipinski definition) is 0. The standard InChI is InChI=1S/C7H10NO2/c1-6-4-3-5-7(10-2)8(6)9/h3-6H,1-2H3/q+1. The molecule has 0 aromatic carbocycles. The molecule has 0 aromatic rings. The normalized spacial score (nSPS) is 24.4. The molecule has 10 heavy (non-hydrogen) atoms. The summed E-state index contributed by atoms with van der Waals surface area (Å²) >= 11 is 0. The van der Waals surface area contributed by atoms with Crippen LogP contribution >= 0.6 is 0 Å². The minimum Gasteiger partial charge on any atom is -0.445 e. The highest BCUT2D eigenvalue weighted by Crippen LogP contribution is 2.08. The smallest absolute Gasteiger partial charge is 0.416 e. The van der Waals surface area contributed by atoms with E-state index in [1.54, 1.807) is 6.08 Å². The van der Waals surface area contributed by atoms with Crippen molar-refractivity contribution >= 4 is 0 Å². The van der Waals surface area contributed by atoms with Crippen molar-refractivity contribution in [1.29, 1.82) is 0 Å². The van der Waals surface area contributed by atoms with E-state index in [9.17, 15) is 4.91 Å². The van der Waals surface area contributed by atoms with Crippen molar-refractivity contribution in [3.8, 4) is 0 Å². The maximum absolute atomic E-state index is 11.0. The molecule has 0 fully saturated rings. The molecule has 0 aliphatic carbocycles. The molecule has 0 saturated heterocycles. The number of allylic oxidation sites excluding steroid dienone is 2. The van der Waals surface area contributed by atoms with Crippen molar-refractivity contribution in [2.24, 2.45) is 0 Å². The maximum Gasteiger partial charge on any atom is 0.416 e. The quantitative estimate of drug-likeness (QED) is 0.512. The van der Waals surface area contributed by atoms with Gasteiger partial charge in [0.05, 0.1) is 17.9 Å². The van der Waals surface area contributed by atoms with E-state index in [-0.39, 0.29) is 6.04 Å². The molecule has 1 rings (SSSR count). The van der Waals surface area contributed by atoms with Crippen molar-refractivity contribution in [3.05, 3.63) is 29.0 Å². The van der Waals surface area contributed by atoms with Crippen LogP contribution in [0.25, 0.3) is 0 Å². The molecule has 54 valence electrons. The Morgan fingerprint density at radius 2 is 2.40 bits per heavy atom. The zero-order chi connectivity index (χ0) is 7.56. The molecule has 0 bridgehead atoms. The van der Waals surface area contributed by atoms with E-state index in [0.717, 1.165) is 4.76 Å². The maximum atomic E-state index is 11.0. The Kier molecular flexibility index (Phi) is 1.85. The number of nitroso groups, excluding NO2 is 1. The third-order valence-electron chi connectivity index (χ3n) is 1.42. The topological polar surface area (TPSA) is 29.3 Å². The number of hydrogen-bond acceptors (Lipinski definition) is 2. The van der Waals surface area contributed by atoms with Gasteiger partial charge in [0, 0.05) is 11.8 Å². The third-order valence-corrected chi connectivity index (χ3v) is 1.42. The summed E-state index contributed by atoms with van der Waals surface area (Å²) in [7, 11) is 1.49. The van der Waals surface area contributed by atoms with Crippen molar-refractivity contribution in [1.82, 2.24) is 0 Å². The van der Waals surface area contributed by atoms with Crippen molar-refractivity contribution < 1.29 is 9.50 Å². The van der Waals surface area contributed by atoms with E-state index >= 15 is 0 Å². The summed E-state index contributed by atoms with van der Waals surface area (Å²) in [6, 6.07) is -0.111. The van der Waals surface area contributed by atoms with E-state index in [4.69, 9.17) is 4.74 Å². The second-order valence-corrected chi connectivity index (χ2v) is 2.16. The lowest BCUT2D eigenvalue weighted by Gasteiger charge is -2.02. The van der Waals surface area contributed by atoms with E-state index < -0.39 is 0 Å². The van der Waals surface area contributed by atoms with Crippen LogP contribution in [0.2, 0.25) is 0 Å². The molecule has 1 atom stereocenters. The summed E-state index contributed by atoms with van der Waals surface area (Å²) in [6.45, 7) is 1.82. The lowest BCUT2D eigenvalue weighted by Crippen LogP contribution is -2.21. The predicted octanol–water partition coefficient (Wildman–Crippen LogP) is 1.21. The first kappa shape index (κ1) is 6.99. The average molecular weight is 140 g/mol. The van der Waals surface area contributed by atoms with Crippen LogP contribution in [0.15, 0.2) is 24.1 Å². The Morgan fingerprint density at radius 3 is 2.90 bits per heavy atom. The summed E-state index contributed by atoms with van der Waals surface area (Å²) in [5, 5.41) is 0. The summed E-state index contributed by atoms with van der Waals surface area (Å²) in [4.78, 5) is 11.0. The Hall–Kier alpha value is -1.12. The number of rotatable bonds is 1. The molecule has 0 aromatic heterocycles. The first-order valence-corrected chi connectivity index (χ1v) is 3.14. The SMILES string of the molecule is COC1=CC=CC(C)[N+]1=O. The highest BCUT2D eigenvalue weighted by atomic mass is 16.5. The highest BCUT2D eigenvalue weighted by molar-refractivity contribution is 5.08. The molecule has 0 amide bonds. The lowest BCUT2D eigenvalue weighted by molar-refractivity contribution is -0.552. The van der Waals surface area contributed by atoms with Crippen molar-refractivity contribution in [3.63, 3.8) is 0 Å². The minimum absolute atomic E-state index is 0.111. The Labute approximate surface area is 59.6 Å². The van der Waals surface area contributed by atoms with Gasteiger partial charge in [0.15, 0.2) is 0 Å².